The fourth-order valence-corrected chi connectivity index (χ4v) is 1.31. The molecule has 1 aromatic rings. The maximum Gasteiger partial charge on any atom is 0.313 e. The summed E-state index contributed by atoms with van der Waals surface area (Å²) in [5.74, 6) is 0.0380. The predicted octanol–water partition coefficient (Wildman–Crippen LogP) is 0.874. The van der Waals surface area contributed by atoms with Gasteiger partial charge >= 0.3 is 5.97 Å². The molecule has 0 radical (unpaired) electrons. The van der Waals surface area contributed by atoms with Crippen LogP contribution in [-0.2, 0) is 25.4 Å². The van der Waals surface area contributed by atoms with Crippen LogP contribution in [0.2, 0.25) is 0 Å². The summed E-state index contributed by atoms with van der Waals surface area (Å²) in [5.41, 5.74) is 0.573. The number of nitrogens with zero attached hydrogens (tertiary/aromatic N) is 2. The zero-order valence-electron chi connectivity index (χ0n) is 10.2. The van der Waals surface area contributed by atoms with Crippen molar-refractivity contribution >= 4 is 5.97 Å². The van der Waals surface area contributed by atoms with Crippen molar-refractivity contribution in [3.8, 4) is 0 Å². The Morgan fingerprint density at radius 3 is 2.71 bits per heavy atom. The van der Waals surface area contributed by atoms with Crippen LogP contribution < -0.4 is 0 Å². The summed E-state index contributed by atoms with van der Waals surface area (Å²) in [6.45, 7) is 2.10. The highest BCUT2D eigenvalue weighted by Crippen LogP contribution is 2.13. The lowest BCUT2D eigenvalue weighted by atomic mass is 10.3. The van der Waals surface area contributed by atoms with Crippen LogP contribution in [0.15, 0.2) is 12.3 Å². The Morgan fingerprint density at radius 2 is 2.12 bits per heavy atom. The summed E-state index contributed by atoms with van der Waals surface area (Å²) in [6.07, 6.45) is 1.04. The van der Waals surface area contributed by atoms with Gasteiger partial charge in [-0.05, 0) is 13.0 Å². The van der Waals surface area contributed by atoms with Gasteiger partial charge in [0.05, 0.1) is 12.3 Å². The second kappa shape index (κ2) is 6.93. The van der Waals surface area contributed by atoms with E-state index in [4.69, 9.17) is 14.2 Å². The van der Waals surface area contributed by atoms with Gasteiger partial charge in [0.15, 0.2) is 0 Å². The smallest absolute Gasteiger partial charge is 0.313 e. The van der Waals surface area contributed by atoms with E-state index in [0.717, 1.165) is 0 Å². The van der Waals surface area contributed by atoms with Crippen molar-refractivity contribution in [2.24, 2.45) is 0 Å². The van der Waals surface area contributed by atoms with Gasteiger partial charge in [0.2, 0.25) is 6.29 Å². The molecule has 0 spiro atoms. The normalized spacial score (nSPS) is 10.6. The summed E-state index contributed by atoms with van der Waals surface area (Å²) in [6, 6.07) is 1.67. The number of methoxy groups -OCH3 is 2. The van der Waals surface area contributed by atoms with Crippen molar-refractivity contribution in [1.82, 2.24) is 9.97 Å². The molecule has 0 saturated carbocycles. The van der Waals surface area contributed by atoms with Crippen molar-refractivity contribution in [2.45, 2.75) is 19.6 Å². The van der Waals surface area contributed by atoms with Gasteiger partial charge in [-0.2, -0.15) is 0 Å². The third-order valence-electron chi connectivity index (χ3n) is 2.00. The lowest BCUT2D eigenvalue weighted by Crippen LogP contribution is -2.13. The molecule has 1 aromatic heterocycles. The highest BCUT2D eigenvalue weighted by atomic mass is 16.7. The number of carbonyl (C=O) groups is 1. The number of esters is 1. The topological polar surface area (TPSA) is 70.5 Å². The minimum atomic E-state index is -0.557. The number of ether oxygens (including phenoxy) is 3. The molecule has 0 bridgehead atoms. The van der Waals surface area contributed by atoms with Crippen LogP contribution in [0.5, 0.6) is 0 Å². The summed E-state index contributed by atoms with van der Waals surface area (Å²) in [5, 5.41) is 0. The molecule has 0 aliphatic heterocycles. The van der Waals surface area contributed by atoms with E-state index in [2.05, 4.69) is 9.97 Å². The quantitative estimate of drug-likeness (QED) is 0.543. The first-order valence-electron chi connectivity index (χ1n) is 5.24. The Hall–Kier alpha value is -1.53. The van der Waals surface area contributed by atoms with E-state index < -0.39 is 6.29 Å². The number of aromatic nitrogens is 2. The fourth-order valence-electron chi connectivity index (χ4n) is 1.31. The molecular formula is C11H16N2O4. The van der Waals surface area contributed by atoms with Gasteiger partial charge < -0.3 is 14.2 Å². The Balaban J connectivity index is 2.75. The lowest BCUT2D eigenvalue weighted by molar-refractivity contribution is -0.142. The first-order chi connectivity index (χ1) is 8.21. The maximum absolute atomic E-state index is 11.3. The molecule has 0 aliphatic rings. The zero-order valence-corrected chi connectivity index (χ0v) is 10.2. The van der Waals surface area contributed by atoms with Crippen LogP contribution >= 0.6 is 0 Å². The fraction of sp³-hybridized carbons (Fsp3) is 0.545. The Labute approximate surface area is 99.9 Å². The first kappa shape index (κ1) is 13.5. The highest BCUT2D eigenvalue weighted by molar-refractivity contribution is 5.71. The zero-order chi connectivity index (χ0) is 12.7. The van der Waals surface area contributed by atoms with Gasteiger partial charge in [-0.1, -0.05) is 0 Å². The molecule has 0 saturated heterocycles. The van der Waals surface area contributed by atoms with Crippen LogP contribution in [-0.4, -0.2) is 36.8 Å². The van der Waals surface area contributed by atoms with Crippen LogP contribution in [0, 0.1) is 0 Å². The van der Waals surface area contributed by atoms with Crippen molar-refractivity contribution in [1.29, 1.82) is 0 Å². The summed E-state index contributed by atoms with van der Waals surface area (Å²) < 4.78 is 14.9. The third-order valence-corrected chi connectivity index (χ3v) is 2.00. The predicted molar refractivity (Wildman–Crippen MR) is 59.1 cm³/mol. The summed E-state index contributed by atoms with van der Waals surface area (Å²) in [4.78, 5) is 19.4. The summed E-state index contributed by atoms with van der Waals surface area (Å²) >= 11 is 0. The Kier molecular flexibility index (Phi) is 5.51. The van der Waals surface area contributed by atoms with Gasteiger partial charge in [-0.3, -0.25) is 4.79 Å². The second-order valence-electron chi connectivity index (χ2n) is 3.18. The molecule has 17 heavy (non-hydrogen) atoms. The van der Waals surface area contributed by atoms with Crippen molar-refractivity contribution in [3.05, 3.63) is 23.8 Å². The van der Waals surface area contributed by atoms with Crippen LogP contribution in [0.1, 0.15) is 24.7 Å². The summed E-state index contributed by atoms with van der Waals surface area (Å²) in [7, 11) is 3.03. The molecule has 0 unspecified atom stereocenters. The molecule has 0 amide bonds. The number of hydrogen-bond acceptors (Lipinski definition) is 6. The van der Waals surface area contributed by atoms with Gasteiger partial charge in [-0.15, -0.1) is 0 Å². The van der Waals surface area contributed by atoms with Gasteiger partial charge in [-0.25, -0.2) is 9.97 Å². The van der Waals surface area contributed by atoms with Crippen molar-refractivity contribution in [3.63, 3.8) is 0 Å². The molecule has 0 N–H and O–H groups in total. The van der Waals surface area contributed by atoms with Gasteiger partial charge in [0.25, 0.3) is 0 Å². The Morgan fingerprint density at radius 1 is 1.41 bits per heavy atom. The second-order valence-corrected chi connectivity index (χ2v) is 3.18. The maximum atomic E-state index is 11.3. The van der Waals surface area contributed by atoms with E-state index in [-0.39, 0.29) is 12.4 Å². The average molecular weight is 240 g/mol. The van der Waals surface area contributed by atoms with Crippen molar-refractivity contribution < 1.29 is 19.0 Å². The molecule has 0 aromatic carbocycles. The highest BCUT2D eigenvalue weighted by Gasteiger charge is 2.13. The molecule has 6 heteroatoms. The minimum absolute atomic E-state index is 0.0435. The van der Waals surface area contributed by atoms with Crippen LogP contribution in [0.3, 0.4) is 0 Å². The first-order valence-corrected chi connectivity index (χ1v) is 5.24. The van der Waals surface area contributed by atoms with E-state index in [1.54, 1.807) is 19.2 Å². The molecule has 6 nitrogen and oxygen atoms in total. The molecule has 94 valence electrons. The van der Waals surface area contributed by atoms with E-state index in [1.165, 1.54) is 14.2 Å². The van der Waals surface area contributed by atoms with E-state index in [1.807, 2.05) is 0 Å². The molecule has 0 aliphatic carbocycles. The van der Waals surface area contributed by atoms with Crippen LogP contribution in [0.25, 0.3) is 0 Å². The molecule has 0 atom stereocenters. The SMILES string of the molecule is CCOC(=O)Cc1nccc(C(OC)OC)n1. The molecular weight excluding hydrogens is 224 g/mol. The third kappa shape index (κ3) is 4.08. The number of rotatable bonds is 6. The number of hydrogen-bond donors (Lipinski definition) is 0. The van der Waals surface area contributed by atoms with Crippen LogP contribution in [0.4, 0.5) is 0 Å². The molecule has 0 fully saturated rings. The van der Waals surface area contributed by atoms with E-state index in [0.29, 0.717) is 18.1 Å². The van der Waals surface area contributed by atoms with Crippen molar-refractivity contribution in [2.75, 3.05) is 20.8 Å². The monoisotopic (exact) mass is 240 g/mol. The van der Waals surface area contributed by atoms with E-state index in [9.17, 15) is 4.79 Å². The van der Waals surface area contributed by atoms with E-state index >= 15 is 0 Å². The molecule has 1 heterocycles. The standard InChI is InChI=1S/C11H16N2O4/c1-4-17-10(14)7-9-12-6-5-8(13-9)11(15-2)16-3/h5-6,11H,4,7H2,1-3H3. The molecule has 1 rings (SSSR count). The number of carbonyl (C=O) groups excluding carboxylic acids is 1. The van der Waals surface area contributed by atoms with Gasteiger partial charge in [0, 0.05) is 20.4 Å². The Bertz CT molecular complexity index is 366. The average Bonchev–Trinajstić information content (AvgIpc) is 2.31. The largest absolute Gasteiger partial charge is 0.466 e. The minimum Gasteiger partial charge on any atom is -0.466 e. The van der Waals surface area contributed by atoms with Gasteiger partial charge in [0.1, 0.15) is 12.2 Å². The lowest BCUT2D eigenvalue weighted by Gasteiger charge is -2.12.